The van der Waals surface area contributed by atoms with Crippen molar-refractivity contribution in [2.45, 2.75) is 31.6 Å². The van der Waals surface area contributed by atoms with E-state index in [0.29, 0.717) is 18.6 Å². The summed E-state index contributed by atoms with van der Waals surface area (Å²) >= 11 is 4.82. The molecule has 0 spiro atoms. The number of aliphatic carboxylic acids is 1. The zero-order chi connectivity index (χ0) is 15.7. The third kappa shape index (κ3) is 7.73. The Kier molecular flexibility index (Phi) is 8.79. The van der Waals surface area contributed by atoms with E-state index in [9.17, 15) is 9.59 Å². The van der Waals surface area contributed by atoms with Gasteiger partial charge in [0.2, 0.25) is 5.91 Å². The normalized spacial score (nSPS) is 12.1. The molecule has 0 aliphatic carbocycles. The molecule has 0 unspecified atom stereocenters. The van der Waals surface area contributed by atoms with Crippen LogP contribution in [0, 0.1) is 6.92 Å². The van der Waals surface area contributed by atoms with E-state index < -0.39 is 12.0 Å². The Morgan fingerprint density at radius 1 is 1.48 bits per heavy atom. The van der Waals surface area contributed by atoms with E-state index in [-0.39, 0.29) is 5.91 Å². The SMILES string of the molecule is CSCC[C@@H](NC(=O)CCSCc1csc(C)n1)C(=O)O. The smallest absolute Gasteiger partial charge is 0.326 e. The van der Waals surface area contributed by atoms with E-state index in [0.717, 1.165) is 22.2 Å². The molecule has 1 heterocycles. The van der Waals surface area contributed by atoms with Gasteiger partial charge in [-0.2, -0.15) is 23.5 Å². The summed E-state index contributed by atoms with van der Waals surface area (Å²) in [5.41, 5.74) is 1.03. The summed E-state index contributed by atoms with van der Waals surface area (Å²) in [4.78, 5) is 27.1. The molecule has 1 rings (SSSR count). The van der Waals surface area contributed by atoms with Gasteiger partial charge in [-0.3, -0.25) is 4.79 Å². The molecule has 5 nitrogen and oxygen atoms in total. The number of aryl methyl sites for hydroxylation is 1. The first kappa shape index (κ1) is 18.3. The van der Waals surface area contributed by atoms with E-state index in [1.807, 2.05) is 18.6 Å². The van der Waals surface area contributed by atoms with Gasteiger partial charge in [-0.1, -0.05) is 0 Å². The van der Waals surface area contributed by atoms with Gasteiger partial charge in [0.05, 0.1) is 10.7 Å². The van der Waals surface area contributed by atoms with Crippen LogP contribution in [-0.2, 0) is 15.3 Å². The second-order valence-corrected chi connectivity index (χ2v) is 7.55. The fraction of sp³-hybridized carbons (Fsp3) is 0.615. The molecular formula is C13H20N2O3S3. The van der Waals surface area contributed by atoms with E-state index in [2.05, 4.69) is 10.3 Å². The zero-order valence-electron chi connectivity index (χ0n) is 12.1. The first-order valence-electron chi connectivity index (χ1n) is 6.52. The Bertz CT molecular complexity index is 465. The molecule has 0 aromatic carbocycles. The quantitative estimate of drug-likeness (QED) is 0.632. The largest absolute Gasteiger partial charge is 0.480 e. The van der Waals surface area contributed by atoms with Gasteiger partial charge in [-0.15, -0.1) is 11.3 Å². The zero-order valence-corrected chi connectivity index (χ0v) is 14.6. The maximum absolute atomic E-state index is 11.7. The number of carbonyl (C=O) groups excluding carboxylic acids is 1. The molecule has 0 bridgehead atoms. The van der Waals surface area contributed by atoms with Crippen LogP contribution >= 0.6 is 34.9 Å². The van der Waals surface area contributed by atoms with Crippen LogP contribution in [0.25, 0.3) is 0 Å². The van der Waals surface area contributed by atoms with Crippen LogP contribution in [0.5, 0.6) is 0 Å². The minimum absolute atomic E-state index is 0.203. The number of nitrogens with zero attached hydrogens (tertiary/aromatic N) is 1. The van der Waals surface area contributed by atoms with Gasteiger partial charge in [0, 0.05) is 23.3 Å². The molecular weight excluding hydrogens is 328 g/mol. The molecule has 0 saturated carbocycles. The highest BCUT2D eigenvalue weighted by Crippen LogP contribution is 2.15. The van der Waals surface area contributed by atoms with Gasteiger partial charge in [0.1, 0.15) is 6.04 Å². The lowest BCUT2D eigenvalue weighted by atomic mass is 10.2. The number of aromatic nitrogens is 1. The molecule has 0 radical (unpaired) electrons. The van der Waals surface area contributed by atoms with Gasteiger partial charge in [-0.05, 0) is 25.4 Å². The maximum Gasteiger partial charge on any atom is 0.326 e. The van der Waals surface area contributed by atoms with E-state index >= 15 is 0 Å². The topological polar surface area (TPSA) is 79.3 Å². The lowest BCUT2D eigenvalue weighted by Crippen LogP contribution is -2.41. The molecule has 1 amide bonds. The van der Waals surface area contributed by atoms with Crippen LogP contribution in [-0.4, -0.2) is 45.8 Å². The highest BCUT2D eigenvalue weighted by Gasteiger charge is 2.18. The Balaban J connectivity index is 2.21. The van der Waals surface area contributed by atoms with Crippen molar-refractivity contribution in [1.29, 1.82) is 0 Å². The second kappa shape index (κ2) is 10.1. The van der Waals surface area contributed by atoms with Crippen molar-refractivity contribution < 1.29 is 14.7 Å². The van der Waals surface area contributed by atoms with Crippen molar-refractivity contribution >= 4 is 46.7 Å². The highest BCUT2D eigenvalue weighted by molar-refractivity contribution is 7.98. The molecule has 118 valence electrons. The number of rotatable bonds is 10. The monoisotopic (exact) mass is 348 g/mol. The van der Waals surface area contributed by atoms with Crippen molar-refractivity contribution in [2.75, 3.05) is 17.8 Å². The first-order valence-corrected chi connectivity index (χ1v) is 9.95. The standard InChI is InChI=1S/C13H20N2O3S3/c1-9-14-10(8-21-9)7-20-6-4-12(16)15-11(13(17)18)3-5-19-2/h8,11H,3-7H2,1-2H3,(H,15,16)(H,17,18)/t11-/m1/s1. The van der Waals surface area contributed by atoms with Crippen LogP contribution in [0.15, 0.2) is 5.38 Å². The molecule has 21 heavy (non-hydrogen) atoms. The van der Waals surface area contributed by atoms with Crippen LogP contribution in [0.1, 0.15) is 23.5 Å². The number of carboxylic acids is 1. The maximum atomic E-state index is 11.7. The van der Waals surface area contributed by atoms with Gasteiger partial charge in [0.15, 0.2) is 0 Å². The fourth-order valence-electron chi connectivity index (χ4n) is 1.58. The number of carbonyl (C=O) groups is 2. The van der Waals surface area contributed by atoms with Crippen molar-refractivity contribution in [2.24, 2.45) is 0 Å². The second-order valence-electron chi connectivity index (χ2n) is 4.40. The van der Waals surface area contributed by atoms with Crippen LogP contribution in [0.3, 0.4) is 0 Å². The molecule has 0 fully saturated rings. The summed E-state index contributed by atoms with van der Waals surface area (Å²) in [7, 11) is 0. The first-order chi connectivity index (χ1) is 10.0. The summed E-state index contributed by atoms with van der Waals surface area (Å²) in [6, 6.07) is -0.781. The number of thioether (sulfide) groups is 2. The minimum Gasteiger partial charge on any atom is -0.480 e. The molecule has 1 aromatic rings. The molecule has 1 aromatic heterocycles. The Labute approximate surface area is 137 Å². The predicted octanol–water partition coefficient (Wildman–Crippen LogP) is 2.40. The third-order valence-corrected chi connectivity index (χ3v) is 5.09. The molecule has 1 atom stereocenters. The average Bonchev–Trinajstić information content (AvgIpc) is 2.85. The highest BCUT2D eigenvalue weighted by atomic mass is 32.2. The lowest BCUT2D eigenvalue weighted by molar-refractivity contribution is -0.141. The molecule has 0 aliphatic heterocycles. The van der Waals surface area contributed by atoms with Gasteiger partial charge < -0.3 is 10.4 Å². The number of thiazole rings is 1. The summed E-state index contributed by atoms with van der Waals surface area (Å²) in [6.45, 7) is 1.97. The van der Waals surface area contributed by atoms with Gasteiger partial charge in [0.25, 0.3) is 0 Å². The third-order valence-electron chi connectivity index (χ3n) is 2.63. The van der Waals surface area contributed by atoms with Gasteiger partial charge in [-0.25, -0.2) is 9.78 Å². The minimum atomic E-state index is -0.969. The molecule has 0 aliphatic rings. The number of hydrogen-bond donors (Lipinski definition) is 2. The number of nitrogens with one attached hydrogen (secondary N) is 1. The summed E-state index contributed by atoms with van der Waals surface area (Å²) in [5.74, 6) is 0.993. The average molecular weight is 349 g/mol. The predicted molar refractivity (Wildman–Crippen MR) is 90.2 cm³/mol. The summed E-state index contributed by atoms with van der Waals surface area (Å²) < 4.78 is 0. The summed E-state index contributed by atoms with van der Waals surface area (Å²) in [6.07, 6.45) is 2.70. The number of carboxylic acid groups (broad SMARTS) is 1. The molecule has 8 heteroatoms. The fourth-order valence-corrected chi connectivity index (χ4v) is 3.60. The van der Waals surface area contributed by atoms with Crippen molar-refractivity contribution in [3.8, 4) is 0 Å². The Morgan fingerprint density at radius 2 is 2.24 bits per heavy atom. The number of hydrogen-bond acceptors (Lipinski definition) is 6. The van der Waals surface area contributed by atoms with E-state index in [1.165, 1.54) is 0 Å². The Hall–Kier alpha value is -0.730. The number of amides is 1. The molecule has 2 N–H and O–H groups in total. The van der Waals surface area contributed by atoms with Crippen molar-refractivity contribution in [3.05, 3.63) is 16.1 Å². The van der Waals surface area contributed by atoms with Crippen molar-refractivity contribution in [3.63, 3.8) is 0 Å². The van der Waals surface area contributed by atoms with Crippen molar-refractivity contribution in [1.82, 2.24) is 10.3 Å². The van der Waals surface area contributed by atoms with Crippen LogP contribution < -0.4 is 5.32 Å². The van der Waals surface area contributed by atoms with Crippen LogP contribution in [0.4, 0.5) is 0 Å². The van der Waals surface area contributed by atoms with Gasteiger partial charge >= 0.3 is 5.97 Å². The lowest BCUT2D eigenvalue weighted by Gasteiger charge is -2.13. The summed E-state index contributed by atoms with van der Waals surface area (Å²) in [5, 5.41) is 14.7. The van der Waals surface area contributed by atoms with Crippen LogP contribution in [0.2, 0.25) is 0 Å². The van der Waals surface area contributed by atoms with E-state index in [4.69, 9.17) is 5.11 Å². The molecule has 0 saturated heterocycles. The Morgan fingerprint density at radius 3 is 2.81 bits per heavy atom. The van der Waals surface area contributed by atoms with E-state index in [1.54, 1.807) is 34.9 Å².